The van der Waals surface area contributed by atoms with Crippen molar-refractivity contribution in [3.63, 3.8) is 0 Å². The molecule has 0 amide bonds. The van der Waals surface area contributed by atoms with Gasteiger partial charge in [0, 0.05) is 6.54 Å². The van der Waals surface area contributed by atoms with Gasteiger partial charge < -0.3 is 9.47 Å². The van der Waals surface area contributed by atoms with Crippen LogP contribution in [0.25, 0.3) is 0 Å². The molecule has 0 aliphatic carbocycles. The molecule has 1 aliphatic heterocycles. The summed E-state index contributed by atoms with van der Waals surface area (Å²) in [5.41, 5.74) is 0. The number of nitrogens with zero attached hydrogens (tertiary/aromatic N) is 1. The molecule has 1 aromatic rings. The zero-order valence-electron chi connectivity index (χ0n) is 11.3. The second-order valence-electron chi connectivity index (χ2n) is 4.72. The molecule has 0 saturated heterocycles. The van der Waals surface area contributed by atoms with Gasteiger partial charge in [0.25, 0.3) is 0 Å². The summed E-state index contributed by atoms with van der Waals surface area (Å²) in [6.45, 7) is 8.26. The molecular weight excluding hydrogens is 226 g/mol. The van der Waals surface area contributed by atoms with Crippen molar-refractivity contribution in [3.8, 4) is 11.5 Å². The lowest BCUT2D eigenvalue weighted by molar-refractivity contribution is 0.0586. The van der Waals surface area contributed by atoms with Crippen molar-refractivity contribution in [1.82, 2.24) is 4.90 Å². The lowest BCUT2D eigenvalue weighted by Gasteiger charge is -2.31. The van der Waals surface area contributed by atoms with E-state index in [-0.39, 0.29) is 6.10 Å². The zero-order chi connectivity index (χ0) is 12.8. The molecule has 1 aliphatic rings. The van der Waals surface area contributed by atoms with Crippen LogP contribution < -0.4 is 9.47 Å². The van der Waals surface area contributed by atoms with E-state index in [0.717, 1.165) is 31.1 Å². The lowest BCUT2D eigenvalue weighted by Crippen LogP contribution is -2.41. The summed E-state index contributed by atoms with van der Waals surface area (Å²) in [6.07, 6.45) is 2.49. The van der Waals surface area contributed by atoms with Crippen LogP contribution in [-0.2, 0) is 0 Å². The molecule has 0 fully saturated rings. The molecule has 1 aromatic carbocycles. The fraction of sp³-hybridized carbons (Fsp3) is 0.600. The highest BCUT2D eigenvalue weighted by Crippen LogP contribution is 2.30. The van der Waals surface area contributed by atoms with Crippen molar-refractivity contribution in [3.05, 3.63) is 24.3 Å². The highest BCUT2D eigenvalue weighted by molar-refractivity contribution is 5.40. The minimum atomic E-state index is 0.131. The molecule has 3 nitrogen and oxygen atoms in total. The van der Waals surface area contributed by atoms with Crippen LogP contribution in [0.3, 0.4) is 0 Å². The minimum absolute atomic E-state index is 0.131. The maximum absolute atomic E-state index is 5.96. The number of ether oxygens (including phenoxy) is 2. The first-order valence-electron chi connectivity index (χ1n) is 6.85. The van der Waals surface area contributed by atoms with Crippen molar-refractivity contribution in [2.45, 2.75) is 32.8 Å². The number of fused-ring (bicyclic) bond motifs is 1. The summed E-state index contributed by atoms with van der Waals surface area (Å²) in [6, 6.07) is 8.63. The van der Waals surface area contributed by atoms with Crippen molar-refractivity contribution >= 4 is 0 Å². The van der Waals surface area contributed by atoms with E-state index in [1.165, 1.54) is 12.8 Å². The molecule has 0 saturated carbocycles. The number of hydrogen-bond donors (Lipinski definition) is 0. The third-order valence-corrected chi connectivity index (χ3v) is 3.05. The summed E-state index contributed by atoms with van der Waals surface area (Å²) in [4.78, 5) is 2.45. The van der Waals surface area contributed by atoms with Crippen molar-refractivity contribution in [1.29, 1.82) is 0 Å². The third kappa shape index (κ3) is 3.39. The standard InChI is InChI=1S/C15H22NO2/c1-3-9-16(10-4-2)11-13-12-17-14-7-5-6-8-15(14)18-13/h5,7-8,13H,3-4,9-12H2,1-2H3. The van der Waals surface area contributed by atoms with E-state index < -0.39 is 0 Å². The predicted molar refractivity (Wildman–Crippen MR) is 72.2 cm³/mol. The van der Waals surface area contributed by atoms with Gasteiger partial charge in [0.05, 0.1) is 0 Å². The first-order valence-corrected chi connectivity index (χ1v) is 6.85. The highest BCUT2D eigenvalue weighted by atomic mass is 16.6. The molecule has 3 heteroatoms. The first-order chi connectivity index (χ1) is 8.83. The van der Waals surface area contributed by atoms with Gasteiger partial charge in [0.15, 0.2) is 11.5 Å². The van der Waals surface area contributed by atoms with Gasteiger partial charge in [-0.3, -0.25) is 4.90 Å². The van der Waals surface area contributed by atoms with Crippen molar-refractivity contribution in [2.75, 3.05) is 26.2 Å². The molecule has 0 aromatic heterocycles. The molecule has 0 N–H and O–H groups in total. The van der Waals surface area contributed by atoms with Crippen molar-refractivity contribution < 1.29 is 9.47 Å². The van der Waals surface area contributed by atoms with Crippen molar-refractivity contribution in [2.24, 2.45) is 0 Å². The van der Waals surface area contributed by atoms with Crippen LogP contribution >= 0.6 is 0 Å². The van der Waals surface area contributed by atoms with E-state index in [2.05, 4.69) is 24.8 Å². The Morgan fingerprint density at radius 1 is 1.28 bits per heavy atom. The molecule has 2 rings (SSSR count). The Kier molecular flexibility index (Phi) is 4.88. The summed E-state index contributed by atoms with van der Waals surface area (Å²) in [7, 11) is 0. The molecule has 0 spiro atoms. The van der Waals surface area contributed by atoms with E-state index in [1.807, 2.05) is 18.2 Å². The van der Waals surface area contributed by atoms with Gasteiger partial charge >= 0.3 is 0 Å². The molecule has 1 radical (unpaired) electrons. The van der Waals surface area contributed by atoms with Crippen LogP contribution in [0.1, 0.15) is 26.7 Å². The van der Waals surface area contributed by atoms with Gasteiger partial charge in [-0.2, -0.15) is 0 Å². The Labute approximate surface area is 110 Å². The fourth-order valence-corrected chi connectivity index (χ4v) is 2.31. The summed E-state index contributed by atoms with van der Waals surface area (Å²) in [5, 5.41) is 0. The fourth-order valence-electron chi connectivity index (χ4n) is 2.31. The van der Waals surface area contributed by atoms with Crippen LogP contribution in [0.2, 0.25) is 0 Å². The molecule has 1 unspecified atom stereocenters. The van der Waals surface area contributed by atoms with Gasteiger partial charge in [-0.05, 0) is 44.1 Å². The average molecular weight is 248 g/mol. The van der Waals surface area contributed by atoms with Gasteiger partial charge in [0.2, 0.25) is 0 Å². The molecule has 1 heterocycles. The summed E-state index contributed by atoms with van der Waals surface area (Å²) in [5.74, 6) is 1.66. The number of rotatable bonds is 6. The SMILES string of the molecule is CCCN(CCC)CC1COc2cc[c]cc2O1. The first kappa shape index (κ1) is 13.2. The summed E-state index contributed by atoms with van der Waals surface area (Å²) < 4.78 is 11.7. The Morgan fingerprint density at radius 2 is 2.06 bits per heavy atom. The average Bonchev–Trinajstić information content (AvgIpc) is 2.39. The highest BCUT2D eigenvalue weighted by Gasteiger charge is 2.22. The molecular formula is C15H22NO2. The van der Waals surface area contributed by atoms with Crippen LogP contribution in [0.4, 0.5) is 0 Å². The van der Waals surface area contributed by atoms with E-state index in [4.69, 9.17) is 9.47 Å². The van der Waals surface area contributed by atoms with Gasteiger partial charge in [-0.25, -0.2) is 0 Å². The Hall–Kier alpha value is -1.22. The second-order valence-corrected chi connectivity index (χ2v) is 4.72. The van der Waals surface area contributed by atoms with Gasteiger partial charge in [-0.1, -0.05) is 19.9 Å². The predicted octanol–water partition coefficient (Wildman–Crippen LogP) is 2.75. The van der Waals surface area contributed by atoms with Crippen LogP contribution in [0.15, 0.2) is 18.2 Å². The maximum atomic E-state index is 5.96. The lowest BCUT2D eigenvalue weighted by atomic mass is 10.2. The third-order valence-electron chi connectivity index (χ3n) is 3.05. The zero-order valence-corrected chi connectivity index (χ0v) is 11.3. The van der Waals surface area contributed by atoms with Crippen LogP contribution in [-0.4, -0.2) is 37.2 Å². The minimum Gasteiger partial charge on any atom is -0.486 e. The van der Waals surface area contributed by atoms with Crippen LogP contribution in [0.5, 0.6) is 11.5 Å². The van der Waals surface area contributed by atoms with Gasteiger partial charge in [0.1, 0.15) is 12.7 Å². The monoisotopic (exact) mass is 248 g/mol. The topological polar surface area (TPSA) is 21.7 Å². The van der Waals surface area contributed by atoms with Crippen LogP contribution in [0, 0.1) is 6.07 Å². The molecule has 18 heavy (non-hydrogen) atoms. The number of benzene rings is 1. The normalized spacial score (nSPS) is 18.1. The van der Waals surface area contributed by atoms with E-state index in [1.54, 1.807) is 0 Å². The number of hydrogen-bond acceptors (Lipinski definition) is 3. The largest absolute Gasteiger partial charge is 0.486 e. The van der Waals surface area contributed by atoms with Gasteiger partial charge in [-0.15, -0.1) is 0 Å². The van der Waals surface area contributed by atoms with E-state index in [9.17, 15) is 0 Å². The van der Waals surface area contributed by atoms with E-state index >= 15 is 0 Å². The summed E-state index contributed by atoms with van der Waals surface area (Å²) >= 11 is 0. The second kappa shape index (κ2) is 6.64. The Morgan fingerprint density at radius 3 is 2.78 bits per heavy atom. The smallest absolute Gasteiger partial charge is 0.162 e. The Balaban J connectivity index is 1.91. The maximum Gasteiger partial charge on any atom is 0.162 e. The molecule has 99 valence electrons. The quantitative estimate of drug-likeness (QED) is 0.772. The Bertz CT molecular complexity index is 361. The molecule has 0 bridgehead atoms. The van der Waals surface area contributed by atoms with E-state index in [0.29, 0.717) is 6.61 Å². The molecule has 1 atom stereocenters.